The molecule has 0 amide bonds. The van der Waals surface area contributed by atoms with Crippen molar-refractivity contribution in [2.75, 3.05) is 10.6 Å². The standard InChI is InChI=1S/C26H21Cl2FN6S/c1-15(21-7-2-3-12-30-21)31-26-34-24(32-17-10-8-16(14-29)9-11-17)23-25(35-26)36-22(33-23)13-18-19(27)5-4-6-20(18)28/h2-12,15H,13-14H2,1H3,(H2,31,32,34,35). The largest absolute Gasteiger partial charge is 0.346 e. The van der Waals surface area contributed by atoms with Crippen molar-refractivity contribution in [3.63, 3.8) is 0 Å². The van der Waals surface area contributed by atoms with Crippen molar-refractivity contribution in [2.45, 2.75) is 26.1 Å². The quantitative estimate of drug-likeness (QED) is 0.210. The van der Waals surface area contributed by atoms with Gasteiger partial charge in [0, 0.05) is 28.4 Å². The number of aromatic nitrogens is 4. The van der Waals surface area contributed by atoms with E-state index in [0.717, 1.165) is 22.0 Å². The van der Waals surface area contributed by atoms with E-state index in [4.69, 9.17) is 38.2 Å². The summed E-state index contributed by atoms with van der Waals surface area (Å²) in [4.78, 5) is 19.4. The molecule has 0 saturated carbocycles. The molecule has 0 aliphatic rings. The van der Waals surface area contributed by atoms with Crippen LogP contribution in [0.2, 0.25) is 10.0 Å². The molecule has 1 unspecified atom stereocenters. The number of rotatable bonds is 8. The van der Waals surface area contributed by atoms with Crippen LogP contribution in [0.1, 0.15) is 34.8 Å². The van der Waals surface area contributed by atoms with Crippen LogP contribution in [0.15, 0.2) is 66.9 Å². The number of thiazole rings is 1. The fraction of sp³-hybridized carbons (Fsp3) is 0.154. The monoisotopic (exact) mass is 538 g/mol. The lowest BCUT2D eigenvalue weighted by atomic mass is 10.1. The number of benzene rings is 2. The average molecular weight is 539 g/mol. The molecule has 3 heterocycles. The van der Waals surface area contributed by atoms with Gasteiger partial charge >= 0.3 is 0 Å². The Morgan fingerprint density at radius 1 is 0.944 bits per heavy atom. The minimum Gasteiger partial charge on any atom is -0.346 e. The summed E-state index contributed by atoms with van der Waals surface area (Å²) >= 11 is 14.2. The van der Waals surface area contributed by atoms with Crippen molar-refractivity contribution in [3.05, 3.63) is 98.7 Å². The molecule has 0 radical (unpaired) electrons. The van der Waals surface area contributed by atoms with Gasteiger partial charge < -0.3 is 10.6 Å². The van der Waals surface area contributed by atoms with Gasteiger partial charge in [-0.15, -0.1) is 0 Å². The van der Waals surface area contributed by atoms with Crippen molar-refractivity contribution in [1.29, 1.82) is 0 Å². The highest BCUT2D eigenvalue weighted by Gasteiger charge is 2.18. The lowest BCUT2D eigenvalue weighted by Gasteiger charge is -2.14. The Labute approximate surface area is 221 Å². The molecule has 0 aliphatic carbocycles. The first-order chi connectivity index (χ1) is 17.5. The van der Waals surface area contributed by atoms with Gasteiger partial charge in [-0.2, -0.15) is 4.98 Å². The van der Waals surface area contributed by atoms with Crippen LogP contribution in [-0.2, 0) is 13.1 Å². The number of nitrogens with zero attached hydrogens (tertiary/aromatic N) is 4. The topological polar surface area (TPSA) is 75.6 Å². The van der Waals surface area contributed by atoms with E-state index in [1.807, 2.05) is 55.5 Å². The maximum absolute atomic E-state index is 13.0. The third-order valence-electron chi connectivity index (χ3n) is 5.54. The summed E-state index contributed by atoms with van der Waals surface area (Å²) in [5, 5.41) is 8.63. The van der Waals surface area contributed by atoms with Gasteiger partial charge in [0.05, 0.1) is 11.7 Å². The molecule has 3 aromatic heterocycles. The van der Waals surface area contributed by atoms with Gasteiger partial charge in [-0.25, -0.2) is 14.4 Å². The summed E-state index contributed by atoms with van der Waals surface area (Å²) in [5.41, 5.74) is 3.68. The second-order valence-corrected chi connectivity index (χ2v) is 9.99. The molecule has 0 spiro atoms. The first kappa shape index (κ1) is 24.4. The minimum atomic E-state index is -0.516. The van der Waals surface area contributed by atoms with Gasteiger partial charge in [0.2, 0.25) is 5.95 Å². The predicted molar refractivity (Wildman–Crippen MR) is 145 cm³/mol. The summed E-state index contributed by atoms with van der Waals surface area (Å²) in [6.07, 6.45) is 2.22. The summed E-state index contributed by atoms with van der Waals surface area (Å²) in [6, 6.07) is 18.2. The van der Waals surface area contributed by atoms with E-state index < -0.39 is 6.67 Å². The third kappa shape index (κ3) is 5.41. The molecule has 2 N–H and O–H groups in total. The molecule has 5 aromatic rings. The third-order valence-corrected chi connectivity index (χ3v) is 7.20. The Morgan fingerprint density at radius 2 is 1.72 bits per heavy atom. The van der Waals surface area contributed by atoms with Gasteiger partial charge in [-0.05, 0) is 54.4 Å². The lowest BCUT2D eigenvalue weighted by Crippen LogP contribution is -2.11. The molecule has 0 fully saturated rings. The Balaban J connectivity index is 1.52. The molecule has 1 atom stereocenters. The maximum atomic E-state index is 13.0. The van der Waals surface area contributed by atoms with Crippen molar-refractivity contribution < 1.29 is 4.39 Å². The number of nitrogens with one attached hydrogen (secondary N) is 2. The van der Waals surface area contributed by atoms with E-state index in [1.165, 1.54) is 11.3 Å². The highest BCUT2D eigenvalue weighted by atomic mass is 35.5. The summed E-state index contributed by atoms with van der Waals surface area (Å²) < 4.78 is 13.0. The summed E-state index contributed by atoms with van der Waals surface area (Å²) in [5.74, 6) is 0.978. The predicted octanol–water partition coefficient (Wildman–Crippen LogP) is 7.77. The highest BCUT2D eigenvalue weighted by Crippen LogP contribution is 2.33. The number of hydrogen-bond acceptors (Lipinski definition) is 7. The second-order valence-electron chi connectivity index (χ2n) is 8.11. The zero-order valence-electron chi connectivity index (χ0n) is 19.2. The Morgan fingerprint density at radius 3 is 2.42 bits per heavy atom. The smallest absolute Gasteiger partial charge is 0.226 e. The molecule has 0 bridgehead atoms. The summed E-state index contributed by atoms with van der Waals surface area (Å²) in [6.45, 7) is 1.48. The van der Waals surface area contributed by atoms with Crippen LogP contribution in [-0.4, -0.2) is 19.9 Å². The molecule has 0 saturated heterocycles. The van der Waals surface area contributed by atoms with E-state index in [-0.39, 0.29) is 6.04 Å². The Hall–Kier alpha value is -3.33. The first-order valence-corrected chi connectivity index (χ1v) is 12.8. The van der Waals surface area contributed by atoms with Gasteiger partial charge in [0.1, 0.15) is 17.2 Å². The van der Waals surface area contributed by atoms with Gasteiger partial charge in [-0.1, -0.05) is 58.8 Å². The van der Waals surface area contributed by atoms with Crippen LogP contribution in [0.5, 0.6) is 0 Å². The zero-order chi connectivity index (χ0) is 25.1. The molecular formula is C26H21Cl2FN6S. The molecule has 2 aromatic carbocycles. The normalized spacial score (nSPS) is 12.0. The van der Waals surface area contributed by atoms with E-state index in [2.05, 4.69) is 15.6 Å². The highest BCUT2D eigenvalue weighted by molar-refractivity contribution is 7.18. The molecule has 5 rings (SSSR count). The van der Waals surface area contributed by atoms with Crippen LogP contribution in [0.4, 0.5) is 21.8 Å². The lowest BCUT2D eigenvalue weighted by molar-refractivity contribution is 0.485. The number of alkyl halides is 1. The van der Waals surface area contributed by atoms with E-state index in [0.29, 0.717) is 44.1 Å². The molecule has 36 heavy (non-hydrogen) atoms. The molecule has 182 valence electrons. The van der Waals surface area contributed by atoms with Crippen LogP contribution in [0, 0.1) is 0 Å². The van der Waals surface area contributed by atoms with E-state index in [1.54, 1.807) is 18.3 Å². The number of halogens is 3. The molecule has 6 nitrogen and oxygen atoms in total. The summed E-state index contributed by atoms with van der Waals surface area (Å²) in [7, 11) is 0. The number of hydrogen-bond donors (Lipinski definition) is 2. The molecule has 0 aliphatic heterocycles. The Bertz CT molecular complexity index is 1470. The number of fused-ring (bicyclic) bond motifs is 1. The van der Waals surface area contributed by atoms with E-state index in [9.17, 15) is 4.39 Å². The second kappa shape index (κ2) is 10.7. The fourth-order valence-corrected chi connectivity index (χ4v) is 5.14. The van der Waals surface area contributed by atoms with Crippen LogP contribution in [0.25, 0.3) is 10.3 Å². The van der Waals surface area contributed by atoms with Crippen molar-refractivity contribution in [1.82, 2.24) is 19.9 Å². The molecule has 10 heteroatoms. The van der Waals surface area contributed by atoms with E-state index >= 15 is 0 Å². The van der Waals surface area contributed by atoms with Gasteiger partial charge in [0.15, 0.2) is 10.6 Å². The molecular weight excluding hydrogens is 518 g/mol. The zero-order valence-corrected chi connectivity index (χ0v) is 21.5. The van der Waals surface area contributed by atoms with Crippen LogP contribution < -0.4 is 10.6 Å². The first-order valence-electron chi connectivity index (χ1n) is 11.2. The van der Waals surface area contributed by atoms with Gasteiger partial charge in [-0.3, -0.25) is 4.98 Å². The SMILES string of the molecule is CC(Nc1nc(Nc2ccc(CF)cc2)c2nc(Cc3c(Cl)cccc3Cl)sc2n1)c1ccccn1. The Kier molecular flexibility index (Phi) is 7.27. The van der Waals surface area contributed by atoms with Crippen molar-refractivity contribution in [2.24, 2.45) is 0 Å². The average Bonchev–Trinajstić information content (AvgIpc) is 3.30. The van der Waals surface area contributed by atoms with Gasteiger partial charge in [0.25, 0.3) is 0 Å². The maximum Gasteiger partial charge on any atom is 0.226 e. The van der Waals surface area contributed by atoms with Crippen LogP contribution >= 0.6 is 34.5 Å². The number of anilines is 3. The van der Waals surface area contributed by atoms with Crippen molar-refractivity contribution in [3.8, 4) is 0 Å². The number of pyridine rings is 1. The van der Waals surface area contributed by atoms with Crippen LogP contribution in [0.3, 0.4) is 0 Å². The van der Waals surface area contributed by atoms with Crippen molar-refractivity contribution >= 4 is 62.3 Å². The minimum absolute atomic E-state index is 0.116. The fourth-order valence-electron chi connectivity index (χ4n) is 3.66.